The molecule has 0 radical (unpaired) electrons. The predicted molar refractivity (Wildman–Crippen MR) is 55.0 cm³/mol. The first-order valence-electron chi connectivity index (χ1n) is 4.38. The van der Waals surface area contributed by atoms with Crippen molar-refractivity contribution in [2.24, 2.45) is 5.92 Å². The maximum Gasteiger partial charge on any atom is 0.269 e. The third-order valence-corrected chi connectivity index (χ3v) is 1.33. The lowest BCUT2D eigenvalue weighted by Gasteiger charge is -1.90. The molecule has 0 aliphatic rings. The van der Waals surface area contributed by atoms with Gasteiger partial charge in [-0.1, -0.05) is 32.0 Å². The average molecular weight is 197 g/mol. The van der Waals surface area contributed by atoms with Crippen molar-refractivity contribution in [2.75, 3.05) is 6.61 Å². The third-order valence-electron chi connectivity index (χ3n) is 1.33. The molecule has 4 nitrogen and oxygen atoms in total. The SMILES string of the molecule is CC(C)CO.O=[N+]([O-])c1ccccc1. The van der Waals surface area contributed by atoms with Gasteiger partial charge in [-0.3, -0.25) is 10.1 Å². The summed E-state index contributed by atoms with van der Waals surface area (Å²) in [4.78, 5) is 9.59. The lowest BCUT2D eigenvalue weighted by Crippen LogP contribution is -1.90. The quantitative estimate of drug-likeness (QED) is 0.584. The van der Waals surface area contributed by atoms with Crippen LogP contribution in [0.4, 0.5) is 5.69 Å². The van der Waals surface area contributed by atoms with Crippen molar-refractivity contribution in [1.82, 2.24) is 0 Å². The monoisotopic (exact) mass is 197 g/mol. The van der Waals surface area contributed by atoms with Gasteiger partial charge in [0.05, 0.1) is 4.92 Å². The molecule has 0 aliphatic carbocycles. The van der Waals surface area contributed by atoms with Crippen molar-refractivity contribution in [1.29, 1.82) is 0 Å². The molecular formula is C10H15NO3. The number of non-ortho nitro benzene ring substituents is 1. The molecule has 78 valence electrons. The number of hydrogen-bond acceptors (Lipinski definition) is 3. The van der Waals surface area contributed by atoms with Crippen LogP contribution in [0.15, 0.2) is 30.3 Å². The molecule has 0 unspecified atom stereocenters. The maximum absolute atomic E-state index is 10.0. The summed E-state index contributed by atoms with van der Waals surface area (Å²) in [7, 11) is 0. The van der Waals surface area contributed by atoms with E-state index in [-0.39, 0.29) is 5.69 Å². The molecule has 0 aliphatic heterocycles. The minimum absolute atomic E-state index is 0.137. The van der Waals surface area contributed by atoms with Gasteiger partial charge >= 0.3 is 0 Å². The summed E-state index contributed by atoms with van der Waals surface area (Å²) in [5.74, 6) is 0.440. The summed E-state index contributed by atoms with van der Waals surface area (Å²) in [6.45, 7) is 4.25. The highest BCUT2D eigenvalue weighted by Gasteiger charge is 1.98. The van der Waals surface area contributed by atoms with Crippen LogP contribution < -0.4 is 0 Å². The zero-order valence-corrected chi connectivity index (χ0v) is 8.38. The lowest BCUT2D eigenvalue weighted by molar-refractivity contribution is -0.384. The number of hydrogen-bond donors (Lipinski definition) is 1. The summed E-state index contributed by atoms with van der Waals surface area (Å²) in [6.07, 6.45) is 0. The van der Waals surface area contributed by atoms with Crippen LogP contribution in [-0.4, -0.2) is 16.6 Å². The van der Waals surface area contributed by atoms with Gasteiger partial charge in [0.25, 0.3) is 5.69 Å². The molecule has 1 aromatic carbocycles. The van der Waals surface area contributed by atoms with Crippen molar-refractivity contribution in [2.45, 2.75) is 13.8 Å². The second kappa shape index (κ2) is 7.03. The Labute approximate surface area is 83.3 Å². The number of benzene rings is 1. The largest absolute Gasteiger partial charge is 0.396 e. The van der Waals surface area contributed by atoms with Crippen LogP contribution in [0.25, 0.3) is 0 Å². The summed E-state index contributed by atoms with van der Waals surface area (Å²) in [5.41, 5.74) is 0.137. The molecule has 1 aromatic rings. The van der Waals surface area contributed by atoms with Gasteiger partial charge in [-0.25, -0.2) is 0 Å². The number of aliphatic hydroxyl groups is 1. The molecule has 14 heavy (non-hydrogen) atoms. The second-order valence-corrected chi connectivity index (χ2v) is 3.17. The molecule has 1 rings (SSSR count). The van der Waals surface area contributed by atoms with Crippen LogP contribution in [0.3, 0.4) is 0 Å². The summed E-state index contributed by atoms with van der Waals surface area (Å²) in [5, 5.41) is 18.2. The van der Waals surface area contributed by atoms with Gasteiger partial charge in [-0.05, 0) is 5.92 Å². The standard InChI is InChI=1S/C6H5NO2.C4H10O/c8-7(9)6-4-2-1-3-5-6;1-4(2)3-5/h1-5H;4-5H,3H2,1-2H3. The maximum atomic E-state index is 10.0. The van der Waals surface area contributed by atoms with E-state index in [1.165, 1.54) is 12.1 Å². The molecule has 4 heteroatoms. The summed E-state index contributed by atoms with van der Waals surface area (Å²) < 4.78 is 0. The fraction of sp³-hybridized carbons (Fsp3) is 0.400. The number of nitro benzene ring substituents is 1. The van der Waals surface area contributed by atoms with Crippen LogP contribution in [0.1, 0.15) is 13.8 Å². The molecular weight excluding hydrogens is 182 g/mol. The van der Waals surface area contributed by atoms with Crippen molar-refractivity contribution in [3.05, 3.63) is 40.4 Å². The van der Waals surface area contributed by atoms with E-state index < -0.39 is 4.92 Å². The van der Waals surface area contributed by atoms with Crippen molar-refractivity contribution >= 4 is 5.69 Å². The fourth-order valence-corrected chi connectivity index (χ4v) is 0.550. The Morgan fingerprint density at radius 3 is 2.00 bits per heavy atom. The molecule has 0 bridgehead atoms. The molecule has 0 aromatic heterocycles. The number of nitrogens with zero attached hydrogens (tertiary/aromatic N) is 1. The van der Waals surface area contributed by atoms with Gasteiger partial charge in [0.15, 0.2) is 0 Å². The van der Waals surface area contributed by atoms with Crippen LogP contribution >= 0.6 is 0 Å². The molecule has 0 saturated carbocycles. The molecule has 0 atom stereocenters. The van der Waals surface area contributed by atoms with E-state index in [0.29, 0.717) is 12.5 Å². The average Bonchev–Trinajstić information content (AvgIpc) is 2.20. The van der Waals surface area contributed by atoms with Crippen molar-refractivity contribution in [3.8, 4) is 0 Å². The first-order chi connectivity index (χ1) is 6.57. The van der Waals surface area contributed by atoms with E-state index >= 15 is 0 Å². The van der Waals surface area contributed by atoms with E-state index in [1.54, 1.807) is 18.2 Å². The van der Waals surface area contributed by atoms with Crippen molar-refractivity contribution in [3.63, 3.8) is 0 Å². The number of aliphatic hydroxyl groups excluding tert-OH is 1. The molecule has 1 N–H and O–H groups in total. The Kier molecular flexibility index (Phi) is 6.32. The van der Waals surface area contributed by atoms with Crippen molar-refractivity contribution < 1.29 is 10.0 Å². The highest BCUT2D eigenvalue weighted by atomic mass is 16.6. The van der Waals surface area contributed by atoms with Gasteiger partial charge < -0.3 is 5.11 Å². The van der Waals surface area contributed by atoms with Gasteiger partial charge in [-0.2, -0.15) is 0 Å². The smallest absolute Gasteiger partial charge is 0.269 e. The minimum Gasteiger partial charge on any atom is -0.396 e. The van der Waals surface area contributed by atoms with Crippen LogP contribution in [0.5, 0.6) is 0 Å². The van der Waals surface area contributed by atoms with E-state index in [9.17, 15) is 10.1 Å². The Hall–Kier alpha value is -1.42. The molecule has 0 heterocycles. The van der Waals surface area contributed by atoms with Crippen LogP contribution in [-0.2, 0) is 0 Å². The van der Waals surface area contributed by atoms with Crippen LogP contribution in [0.2, 0.25) is 0 Å². The molecule has 0 fully saturated rings. The minimum atomic E-state index is -0.417. The number of para-hydroxylation sites is 1. The third kappa shape index (κ3) is 6.14. The van der Waals surface area contributed by atoms with E-state index in [2.05, 4.69) is 0 Å². The Balaban J connectivity index is 0.000000292. The summed E-state index contributed by atoms with van der Waals surface area (Å²) >= 11 is 0. The zero-order valence-electron chi connectivity index (χ0n) is 8.38. The first-order valence-corrected chi connectivity index (χ1v) is 4.38. The first kappa shape index (κ1) is 12.6. The lowest BCUT2D eigenvalue weighted by atomic mass is 10.2. The Morgan fingerprint density at radius 1 is 1.36 bits per heavy atom. The Morgan fingerprint density at radius 2 is 1.79 bits per heavy atom. The van der Waals surface area contributed by atoms with Gasteiger partial charge in [0, 0.05) is 18.7 Å². The van der Waals surface area contributed by atoms with E-state index in [0.717, 1.165) is 0 Å². The molecule has 0 amide bonds. The zero-order chi connectivity index (χ0) is 11.0. The Bertz CT molecular complexity index is 259. The van der Waals surface area contributed by atoms with Gasteiger partial charge in [0.1, 0.15) is 0 Å². The van der Waals surface area contributed by atoms with E-state index in [1.807, 2.05) is 13.8 Å². The predicted octanol–water partition coefficient (Wildman–Crippen LogP) is 2.23. The van der Waals surface area contributed by atoms with Gasteiger partial charge in [-0.15, -0.1) is 0 Å². The second-order valence-electron chi connectivity index (χ2n) is 3.17. The summed E-state index contributed by atoms with van der Waals surface area (Å²) in [6, 6.07) is 7.93. The molecule has 0 saturated heterocycles. The number of nitro groups is 1. The van der Waals surface area contributed by atoms with E-state index in [4.69, 9.17) is 5.11 Å². The number of rotatable bonds is 2. The molecule has 0 spiro atoms. The van der Waals surface area contributed by atoms with Gasteiger partial charge in [0.2, 0.25) is 0 Å². The van der Waals surface area contributed by atoms with Crippen LogP contribution in [0, 0.1) is 16.0 Å². The topological polar surface area (TPSA) is 63.4 Å². The normalized spacial score (nSPS) is 9.14. The highest BCUT2D eigenvalue weighted by molar-refractivity contribution is 5.27. The highest BCUT2D eigenvalue weighted by Crippen LogP contribution is 2.06. The fourth-order valence-electron chi connectivity index (χ4n) is 0.550.